The lowest BCUT2D eigenvalue weighted by Gasteiger charge is -2.26. The summed E-state index contributed by atoms with van der Waals surface area (Å²) in [6.07, 6.45) is 4.48. The summed E-state index contributed by atoms with van der Waals surface area (Å²) in [6, 6.07) is 0.325. The predicted octanol–water partition coefficient (Wildman–Crippen LogP) is 0.770. The molecule has 1 fully saturated rings. The normalized spacial score (nSPS) is 20.3. The molecule has 1 aliphatic carbocycles. The largest absolute Gasteiger partial charge is 0.409 e. The van der Waals surface area contributed by atoms with Gasteiger partial charge in [0.2, 0.25) is 5.91 Å². The molecule has 1 atom stereocenters. The van der Waals surface area contributed by atoms with E-state index in [1.807, 2.05) is 0 Å². The van der Waals surface area contributed by atoms with E-state index in [1.165, 1.54) is 12.8 Å². The number of carbonyl (C=O) groups excluding carboxylic acids is 1. The lowest BCUT2D eigenvalue weighted by molar-refractivity contribution is -0.133. The van der Waals surface area contributed by atoms with Crippen LogP contribution in [0.25, 0.3) is 0 Å². The molecule has 0 bridgehead atoms. The van der Waals surface area contributed by atoms with Crippen LogP contribution in [-0.4, -0.2) is 34.9 Å². The zero-order valence-corrected chi connectivity index (χ0v) is 9.31. The molecule has 86 valence electrons. The number of amidine groups is 1. The summed E-state index contributed by atoms with van der Waals surface area (Å²) in [5, 5.41) is 11.4. The second-order valence-corrected chi connectivity index (χ2v) is 4.13. The van der Waals surface area contributed by atoms with Gasteiger partial charge in [-0.25, -0.2) is 0 Å². The van der Waals surface area contributed by atoms with Gasteiger partial charge in [-0.05, 0) is 19.8 Å². The summed E-state index contributed by atoms with van der Waals surface area (Å²) < 4.78 is 0. The number of rotatable bonds is 3. The Kier molecular flexibility index (Phi) is 3.94. The number of oxime groups is 1. The zero-order valence-electron chi connectivity index (χ0n) is 9.31. The van der Waals surface area contributed by atoms with Gasteiger partial charge in [-0.1, -0.05) is 18.0 Å². The van der Waals surface area contributed by atoms with E-state index >= 15 is 0 Å². The number of nitrogens with two attached hydrogens (primary N) is 1. The molecular formula is C10H19N3O2. The van der Waals surface area contributed by atoms with Gasteiger partial charge in [0.1, 0.15) is 0 Å². The predicted molar refractivity (Wildman–Crippen MR) is 57.6 cm³/mol. The molecule has 1 saturated carbocycles. The topological polar surface area (TPSA) is 78.9 Å². The lowest BCUT2D eigenvalue weighted by atomic mass is 10.1. The highest BCUT2D eigenvalue weighted by Gasteiger charge is 2.28. The van der Waals surface area contributed by atoms with Crippen LogP contribution in [0, 0.1) is 5.92 Å². The Morgan fingerprint density at radius 1 is 1.53 bits per heavy atom. The van der Waals surface area contributed by atoms with Crippen LogP contribution in [0.1, 0.15) is 32.6 Å². The number of nitrogens with zero attached hydrogens (tertiary/aromatic N) is 2. The van der Waals surface area contributed by atoms with Gasteiger partial charge in [0.25, 0.3) is 0 Å². The van der Waals surface area contributed by atoms with E-state index in [0.717, 1.165) is 12.8 Å². The van der Waals surface area contributed by atoms with Crippen LogP contribution < -0.4 is 5.73 Å². The van der Waals surface area contributed by atoms with Gasteiger partial charge in [0.05, 0.1) is 5.92 Å². The summed E-state index contributed by atoms with van der Waals surface area (Å²) in [5.74, 6) is -0.636. The van der Waals surface area contributed by atoms with Gasteiger partial charge < -0.3 is 15.8 Å². The summed E-state index contributed by atoms with van der Waals surface area (Å²) in [6.45, 7) is 1.66. The van der Waals surface area contributed by atoms with Gasteiger partial charge in [0, 0.05) is 13.1 Å². The highest BCUT2D eigenvalue weighted by atomic mass is 16.4. The Morgan fingerprint density at radius 3 is 2.53 bits per heavy atom. The zero-order chi connectivity index (χ0) is 11.4. The van der Waals surface area contributed by atoms with Crippen LogP contribution in [0.15, 0.2) is 5.16 Å². The van der Waals surface area contributed by atoms with Gasteiger partial charge in [-0.15, -0.1) is 0 Å². The maximum Gasteiger partial charge on any atom is 0.233 e. The minimum Gasteiger partial charge on any atom is -0.409 e. The Morgan fingerprint density at radius 2 is 2.07 bits per heavy atom. The van der Waals surface area contributed by atoms with Crippen LogP contribution in [0.5, 0.6) is 0 Å². The molecule has 0 heterocycles. The minimum atomic E-state index is -0.541. The number of hydrogen-bond donors (Lipinski definition) is 2. The van der Waals surface area contributed by atoms with Crippen molar-refractivity contribution in [3.05, 3.63) is 0 Å². The average molecular weight is 213 g/mol. The first-order valence-electron chi connectivity index (χ1n) is 5.32. The Hall–Kier alpha value is -1.26. The quantitative estimate of drug-likeness (QED) is 0.314. The Bertz CT molecular complexity index is 259. The molecule has 0 spiro atoms. The third kappa shape index (κ3) is 2.61. The van der Waals surface area contributed by atoms with Crippen molar-refractivity contribution in [1.29, 1.82) is 0 Å². The van der Waals surface area contributed by atoms with E-state index in [9.17, 15) is 4.79 Å². The third-order valence-electron chi connectivity index (χ3n) is 3.15. The molecule has 0 radical (unpaired) electrons. The van der Waals surface area contributed by atoms with E-state index in [4.69, 9.17) is 10.9 Å². The van der Waals surface area contributed by atoms with E-state index in [2.05, 4.69) is 5.16 Å². The fraction of sp³-hybridized carbons (Fsp3) is 0.800. The molecule has 0 saturated heterocycles. The smallest absolute Gasteiger partial charge is 0.233 e. The Balaban J connectivity index is 2.58. The molecule has 5 nitrogen and oxygen atoms in total. The van der Waals surface area contributed by atoms with Crippen LogP contribution in [-0.2, 0) is 4.79 Å². The molecule has 0 aromatic rings. The lowest BCUT2D eigenvalue weighted by Crippen LogP contribution is -2.42. The highest BCUT2D eigenvalue weighted by Crippen LogP contribution is 2.23. The summed E-state index contributed by atoms with van der Waals surface area (Å²) >= 11 is 0. The molecule has 3 N–H and O–H groups in total. The molecule has 15 heavy (non-hydrogen) atoms. The van der Waals surface area contributed by atoms with Crippen LogP contribution >= 0.6 is 0 Å². The van der Waals surface area contributed by atoms with Crippen molar-refractivity contribution in [1.82, 2.24) is 4.90 Å². The fourth-order valence-electron chi connectivity index (χ4n) is 1.99. The van der Waals surface area contributed by atoms with Crippen LogP contribution in [0.3, 0.4) is 0 Å². The van der Waals surface area contributed by atoms with Crippen molar-refractivity contribution < 1.29 is 10.0 Å². The van der Waals surface area contributed by atoms with Gasteiger partial charge >= 0.3 is 0 Å². The molecule has 5 heteroatoms. The minimum absolute atomic E-state index is 0.0233. The van der Waals surface area contributed by atoms with Crippen molar-refractivity contribution in [3.63, 3.8) is 0 Å². The average Bonchev–Trinajstić information content (AvgIpc) is 2.78. The van der Waals surface area contributed by atoms with E-state index in [1.54, 1.807) is 18.9 Å². The first kappa shape index (κ1) is 11.8. The summed E-state index contributed by atoms with van der Waals surface area (Å²) in [7, 11) is 1.79. The van der Waals surface area contributed by atoms with E-state index in [-0.39, 0.29) is 11.7 Å². The van der Waals surface area contributed by atoms with Crippen LogP contribution in [0.4, 0.5) is 0 Å². The number of carbonyl (C=O) groups is 1. The molecule has 0 aliphatic heterocycles. The number of hydrogen-bond acceptors (Lipinski definition) is 3. The Labute approximate surface area is 89.9 Å². The maximum absolute atomic E-state index is 11.9. The summed E-state index contributed by atoms with van der Waals surface area (Å²) in [4.78, 5) is 13.6. The van der Waals surface area contributed by atoms with Gasteiger partial charge in [-0.2, -0.15) is 0 Å². The second kappa shape index (κ2) is 5.00. The highest BCUT2D eigenvalue weighted by molar-refractivity contribution is 6.01. The first-order chi connectivity index (χ1) is 7.07. The number of amides is 1. The molecule has 0 aromatic carbocycles. The second-order valence-electron chi connectivity index (χ2n) is 4.13. The summed E-state index contributed by atoms with van der Waals surface area (Å²) in [5.41, 5.74) is 5.41. The fourth-order valence-corrected chi connectivity index (χ4v) is 1.99. The van der Waals surface area contributed by atoms with Crippen molar-refractivity contribution in [2.45, 2.75) is 38.6 Å². The molecule has 1 amide bonds. The van der Waals surface area contributed by atoms with Gasteiger partial charge in [-0.3, -0.25) is 4.79 Å². The van der Waals surface area contributed by atoms with Crippen molar-refractivity contribution in [2.24, 2.45) is 16.8 Å². The van der Waals surface area contributed by atoms with E-state index < -0.39 is 5.92 Å². The molecule has 1 unspecified atom stereocenters. The van der Waals surface area contributed by atoms with Crippen LogP contribution in [0.2, 0.25) is 0 Å². The van der Waals surface area contributed by atoms with Crippen molar-refractivity contribution in [3.8, 4) is 0 Å². The van der Waals surface area contributed by atoms with Crippen molar-refractivity contribution in [2.75, 3.05) is 7.05 Å². The van der Waals surface area contributed by atoms with Gasteiger partial charge in [0.15, 0.2) is 5.84 Å². The molecule has 1 aliphatic rings. The molecule has 1 rings (SSSR count). The monoisotopic (exact) mass is 213 g/mol. The van der Waals surface area contributed by atoms with E-state index in [0.29, 0.717) is 6.04 Å². The SMILES string of the molecule is CC(C(=O)N(C)C1CCCC1)C(N)=NO. The first-order valence-corrected chi connectivity index (χ1v) is 5.32. The van der Waals surface area contributed by atoms with Crippen molar-refractivity contribution >= 4 is 11.7 Å². The standard InChI is InChI=1S/C10H19N3O2/c1-7(9(11)12-15)10(14)13(2)8-5-3-4-6-8/h7-8,15H,3-6H2,1-2H3,(H2,11,12). The third-order valence-corrected chi connectivity index (χ3v) is 3.15. The maximum atomic E-state index is 11.9. The molecular weight excluding hydrogens is 194 g/mol. The molecule has 0 aromatic heterocycles.